The van der Waals surface area contributed by atoms with E-state index in [9.17, 15) is 5.11 Å². The van der Waals surface area contributed by atoms with Crippen molar-refractivity contribution >= 4 is 0 Å². The van der Waals surface area contributed by atoms with E-state index < -0.39 is 5.79 Å². The third kappa shape index (κ3) is 3.15. The van der Waals surface area contributed by atoms with Crippen LogP contribution in [-0.2, 0) is 14.2 Å². The van der Waals surface area contributed by atoms with Gasteiger partial charge in [0, 0.05) is 18.3 Å². The first kappa shape index (κ1) is 17.3. The maximum absolute atomic E-state index is 10.5. The van der Waals surface area contributed by atoms with Gasteiger partial charge in [0.05, 0.1) is 6.10 Å². The van der Waals surface area contributed by atoms with Crippen LogP contribution in [0.15, 0.2) is 0 Å². The van der Waals surface area contributed by atoms with E-state index in [1.54, 1.807) is 6.92 Å². The van der Waals surface area contributed by atoms with E-state index >= 15 is 0 Å². The Morgan fingerprint density at radius 1 is 1.04 bits per heavy atom. The Labute approximate surface area is 146 Å². The molecule has 2 heterocycles. The predicted molar refractivity (Wildman–Crippen MR) is 91.0 cm³/mol. The number of aliphatic hydroxyl groups is 1. The molecule has 4 fully saturated rings. The van der Waals surface area contributed by atoms with E-state index in [0.29, 0.717) is 42.1 Å². The zero-order valence-electron chi connectivity index (χ0n) is 15.4. The SMILES string of the molecule is CC1CCCC1OC1OC2OC(C)(O)CCC3CCCC(C1C)C32. The molecule has 9 atom stereocenters. The standard InChI is InChI=1S/C20H34O4/c1-12-6-4-9-16(12)22-18-13(2)15-8-5-7-14-10-11-20(3,21)24-19(23-18)17(14)15/h12-19,21H,4-11H2,1-3H3. The fourth-order valence-electron chi connectivity index (χ4n) is 5.78. The molecular formula is C20H34O4. The van der Waals surface area contributed by atoms with Gasteiger partial charge in [0.2, 0.25) is 0 Å². The molecule has 4 nitrogen and oxygen atoms in total. The molecule has 0 amide bonds. The van der Waals surface area contributed by atoms with Gasteiger partial charge in [0.1, 0.15) is 0 Å². The van der Waals surface area contributed by atoms with Crippen LogP contribution in [0.25, 0.3) is 0 Å². The van der Waals surface area contributed by atoms with E-state index in [2.05, 4.69) is 13.8 Å². The highest BCUT2D eigenvalue weighted by Gasteiger charge is 2.53. The summed E-state index contributed by atoms with van der Waals surface area (Å²) in [6, 6.07) is 0. The summed E-state index contributed by atoms with van der Waals surface area (Å²) in [6.45, 7) is 6.38. The summed E-state index contributed by atoms with van der Waals surface area (Å²) in [5.74, 6) is 1.60. The maximum Gasteiger partial charge on any atom is 0.167 e. The molecule has 2 saturated carbocycles. The molecule has 0 bridgehead atoms. The Kier molecular flexibility index (Phi) is 4.70. The Morgan fingerprint density at radius 2 is 1.83 bits per heavy atom. The van der Waals surface area contributed by atoms with Crippen molar-refractivity contribution in [3.05, 3.63) is 0 Å². The van der Waals surface area contributed by atoms with Gasteiger partial charge in [0.25, 0.3) is 0 Å². The van der Waals surface area contributed by atoms with Crippen molar-refractivity contribution in [1.29, 1.82) is 0 Å². The smallest absolute Gasteiger partial charge is 0.167 e. The van der Waals surface area contributed by atoms with Crippen molar-refractivity contribution in [3.63, 3.8) is 0 Å². The molecule has 2 saturated heterocycles. The molecule has 9 unspecified atom stereocenters. The van der Waals surface area contributed by atoms with Gasteiger partial charge in [-0.15, -0.1) is 0 Å². The third-order valence-corrected chi connectivity index (χ3v) is 7.28. The molecule has 1 N–H and O–H groups in total. The van der Waals surface area contributed by atoms with Crippen molar-refractivity contribution < 1.29 is 19.3 Å². The molecule has 4 heteroatoms. The number of hydrogen-bond donors (Lipinski definition) is 1. The minimum absolute atomic E-state index is 0.186. The summed E-state index contributed by atoms with van der Waals surface area (Å²) in [7, 11) is 0. The van der Waals surface area contributed by atoms with Crippen molar-refractivity contribution in [2.24, 2.45) is 29.6 Å². The van der Waals surface area contributed by atoms with Crippen LogP contribution in [0.2, 0.25) is 0 Å². The fraction of sp³-hybridized carbons (Fsp3) is 1.00. The lowest BCUT2D eigenvalue weighted by molar-refractivity contribution is -0.374. The Morgan fingerprint density at radius 3 is 2.58 bits per heavy atom. The van der Waals surface area contributed by atoms with Crippen LogP contribution < -0.4 is 0 Å². The van der Waals surface area contributed by atoms with Gasteiger partial charge in [-0.1, -0.05) is 26.7 Å². The average molecular weight is 338 g/mol. The Bertz CT molecular complexity index is 451. The summed E-state index contributed by atoms with van der Waals surface area (Å²) in [6.07, 6.45) is 9.03. The van der Waals surface area contributed by atoms with E-state index in [1.807, 2.05) is 0 Å². The molecular weight excluding hydrogens is 304 g/mol. The topological polar surface area (TPSA) is 47.9 Å². The normalized spacial score (nSPS) is 55.0. The molecule has 0 spiro atoms. The highest BCUT2D eigenvalue weighted by Crippen LogP contribution is 2.52. The quantitative estimate of drug-likeness (QED) is 0.825. The van der Waals surface area contributed by atoms with Crippen LogP contribution in [0.4, 0.5) is 0 Å². The van der Waals surface area contributed by atoms with Crippen molar-refractivity contribution in [2.45, 2.75) is 96.6 Å². The lowest BCUT2D eigenvalue weighted by atomic mass is 9.65. The van der Waals surface area contributed by atoms with Gasteiger partial charge < -0.3 is 19.3 Å². The first-order chi connectivity index (χ1) is 11.4. The summed E-state index contributed by atoms with van der Waals surface area (Å²) >= 11 is 0. The first-order valence-electron chi connectivity index (χ1n) is 10.2. The van der Waals surface area contributed by atoms with Crippen molar-refractivity contribution in [2.75, 3.05) is 0 Å². The van der Waals surface area contributed by atoms with Crippen molar-refractivity contribution in [3.8, 4) is 0 Å². The van der Waals surface area contributed by atoms with Gasteiger partial charge in [0.15, 0.2) is 18.4 Å². The second kappa shape index (κ2) is 6.53. The first-order valence-corrected chi connectivity index (χ1v) is 10.2. The Balaban J connectivity index is 1.54. The van der Waals surface area contributed by atoms with Crippen LogP contribution >= 0.6 is 0 Å². The second-order valence-corrected chi connectivity index (χ2v) is 9.08. The highest BCUT2D eigenvalue weighted by molar-refractivity contribution is 4.94. The highest BCUT2D eigenvalue weighted by atomic mass is 16.8. The average Bonchev–Trinajstić information content (AvgIpc) is 2.88. The lowest BCUT2D eigenvalue weighted by Crippen LogP contribution is -2.54. The van der Waals surface area contributed by atoms with E-state index in [1.165, 1.54) is 32.1 Å². The molecule has 2 aliphatic carbocycles. The zero-order valence-corrected chi connectivity index (χ0v) is 15.4. The fourth-order valence-corrected chi connectivity index (χ4v) is 5.78. The largest absolute Gasteiger partial charge is 0.366 e. The van der Waals surface area contributed by atoms with Gasteiger partial charge >= 0.3 is 0 Å². The van der Waals surface area contributed by atoms with Crippen LogP contribution in [0.1, 0.15) is 72.1 Å². The predicted octanol–water partition coefficient (Wildman–Crippen LogP) is 4.06. The Hall–Kier alpha value is -0.160. The third-order valence-electron chi connectivity index (χ3n) is 7.28. The molecule has 0 aromatic heterocycles. The van der Waals surface area contributed by atoms with Crippen LogP contribution in [-0.4, -0.2) is 29.6 Å². The van der Waals surface area contributed by atoms with Gasteiger partial charge in [-0.25, -0.2) is 0 Å². The monoisotopic (exact) mass is 338 g/mol. The minimum atomic E-state index is -1.07. The van der Waals surface area contributed by atoms with Crippen LogP contribution in [0.5, 0.6) is 0 Å². The molecule has 4 rings (SSSR count). The van der Waals surface area contributed by atoms with Gasteiger partial charge in [-0.3, -0.25) is 0 Å². The van der Waals surface area contributed by atoms with Crippen molar-refractivity contribution in [1.82, 2.24) is 0 Å². The van der Waals surface area contributed by atoms with Gasteiger partial charge in [-0.2, -0.15) is 0 Å². The molecule has 24 heavy (non-hydrogen) atoms. The summed E-state index contributed by atoms with van der Waals surface area (Å²) in [4.78, 5) is 0. The van der Waals surface area contributed by atoms with Crippen LogP contribution in [0.3, 0.4) is 0 Å². The summed E-state index contributed by atoms with van der Waals surface area (Å²) in [5, 5.41) is 10.5. The number of ether oxygens (including phenoxy) is 3. The molecule has 2 aliphatic heterocycles. The zero-order chi connectivity index (χ0) is 16.9. The maximum atomic E-state index is 10.5. The lowest BCUT2D eigenvalue weighted by Gasteiger charge is -2.50. The summed E-state index contributed by atoms with van der Waals surface area (Å²) in [5.41, 5.74) is 0. The molecule has 4 aliphatic rings. The van der Waals surface area contributed by atoms with Gasteiger partial charge in [-0.05, 0) is 56.8 Å². The molecule has 0 aromatic rings. The van der Waals surface area contributed by atoms with Crippen LogP contribution in [0, 0.1) is 29.6 Å². The second-order valence-electron chi connectivity index (χ2n) is 9.08. The number of rotatable bonds is 2. The number of hydrogen-bond acceptors (Lipinski definition) is 4. The summed E-state index contributed by atoms with van der Waals surface area (Å²) < 4.78 is 18.9. The molecule has 0 radical (unpaired) electrons. The van der Waals surface area contributed by atoms with E-state index in [4.69, 9.17) is 14.2 Å². The molecule has 138 valence electrons. The van der Waals surface area contributed by atoms with E-state index in [-0.39, 0.29) is 12.6 Å². The van der Waals surface area contributed by atoms with E-state index in [0.717, 1.165) is 12.8 Å². The minimum Gasteiger partial charge on any atom is -0.366 e. The molecule has 0 aromatic carbocycles.